The Labute approximate surface area is 159 Å². The van der Waals surface area contributed by atoms with Gasteiger partial charge in [0.1, 0.15) is 6.33 Å². The van der Waals surface area contributed by atoms with Crippen LogP contribution < -0.4 is 5.32 Å². The SMILES string of the molecule is CC(=O)Nc1cccc(-n2cnnc2SCc2cccc([N+](=O)[O-])c2C)c1. The molecule has 0 aliphatic rings. The number of amides is 1. The van der Waals surface area contributed by atoms with E-state index in [2.05, 4.69) is 15.5 Å². The number of nitrogens with zero attached hydrogens (tertiary/aromatic N) is 4. The van der Waals surface area contributed by atoms with Gasteiger partial charge in [-0.15, -0.1) is 10.2 Å². The van der Waals surface area contributed by atoms with Crippen molar-refractivity contribution >= 4 is 29.0 Å². The monoisotopic (exact) mass is 383 g/mol. The highest BCUT2D eigenvalue weighted by Gasteiger charge is 2.15. The molecule has 1 N–H and O–H groups in total. The van der Waals surface area contributed by atoms with Crippen molar-refractivity contribution in [2.75, 3.05) is 5.32 Å². The van der Waals surface area contributed by atoms with Crippen LogP contribution in [-0.2, 0) is 10.5 Å². The Bertz CT molecular complexity index is 1000. The number of hydrogen-bond donors (Lipinski definition) is 1. The van der Waals surface area contributed by atoms with Gasteiger partial charge in [-0.25, -0.2) is 0 Å². The molecule has 0 radical (unpaired) electrons. The summed E-state index contributed by atoms with van der Waals surface area (Å²) in [5.41, 5.74) is 3.12. The molecule has 0 spiro atoms. The first-order valence-electron chi connectivity index (χ1n) is 8.09. The molecule has 27 heavy (non-hydrogen) atoms. The first-order valence-corrected chi connectivity index (χ1v) is 9.08. The van der Waals surface area contributed by atoms with Crippen LogP contribution in [0.25, 0.3) is 5.69 Å². The van der Waals surface area contributed by atoms with Gasteiger partial charge >= 0.3 is 0 Å². The summed E-state index contributed by atoms with van der Waals surface area (Å²) in [6.07, 6.45) is 1.59. The van der Waals surface area contributed by atoms with Crippen molar-refractivity contribution in [3.05, 3.63) is 70.0 Å². The van der Waals surface area contributed by atoms with Crippen LogP contribution in [0, 0.1) is 17.0 Å². The van der Waals surface area contributed by atoms with E-state index in [1.165, 1.54) is 24.8 Å². The average Bonchev–Trinajstić information content (AvgIpc) is 3.09. The van der Waals surface area contributed by atoms with Gasteiger partial charge in [0.25, 0.3) is 5.69 Å². The molecule has 0 atom stereocenters. The van der Waals surface area contributed by atoms with E-state index in [0.29, 0.717) is 22.2 Å². The summed E-state index contributed by atoms with van der Waals surface area (Å²) in [7, 11) is 0. The standard InChI is InChI=1S/C18H17N5O3S/c1-12-14(5-3-8-17(12)23(25)26)10-27-18-21-19-11-22(18)16-7-4-6-15(9-16)20-13(2)24/h3-9,11H,10H2,1-2H3,(H,20,24). The maximum atomic E-state index is 11.2. The molecule has 3 aromatic rings. The molecule has 0 bridgehead atoms. The maximum Gasteiger partial charge on any atom is 0.272 e. The minimum absolute atomic E-state index is 0.109. The van der Waals surface area contributed by atoms with Crippen molar-refractivity contribution in [3.63, 3.8) is 0 Å². The Kier molecular flexibility index (Phi) is 5.51. The Hall–Kier alpha value is -3.20. The van der Waals surface area contributed by atoms with Gasteiger partial charge in [-0.1, -0.05) is 30.0 Å². The number of carbonyl (C=O) groups is 1. The maximum absolute atomic E-state index is 11.2. The van der Waals surface area contributed by atoms with Gasteiger partial charge in [0, 0.05) is 30.0 Å². The number of nitrogens with one attached hydrogen (secondary N) is 1. The summed E-state index contributed by atoms with van der Waals surface area (Å²) in [5, 5.41) is 22.6. The molecule has 0 unspecified atom stereocenters. The van der Waals surface area contributed by atoms with E-state index in [-0.39, 0.29) is 16.5 Å². The van der Waals surface area contributed by atoms with Crippen molar-refractivity contribution in [3.8, 4) is 5.69 Å². The quantitative estimate of drug-likeness (QED) is 0.395. The molecule has 0 fully saturated rings. The second-order valence-corrected chi connectivity index (χ2v) is 6.76. The summed E-state index contributed by atoms with van der Waals surface area (Å²) in [5.74, 6) is 0.379. The molecule has 0 saturated carbocycles. The number of anilines is 1. The van der Waals surface area contributed by atoms with Crippen LogP contribution in [0.3, 0.4) is 0 Å². The molecule has 0 saturated heterocycles. The number of aromatic nitrogens is 3. The number of carbonyl (C=O) groups excluding carboxylic acids is 1. The molecule has 2 aromatic carbocycles. The number of nitro benzene ring substituents is 1. The molecule has 1 aromatic heterocycles. The lowest BCUT2D eigenvalue weighted by molar-refractivity contribution is -0.385. The Morgan fingerprint density at radius 2 is 2.07 bits per heavy atom. The van der Waals surface area contributed by atoms with Crippen LogP contribution in [0.4, 0.5) is 11.4 Å². The summed E-state index contributed by atoms with van der Waals surface area (Å²) in [4.78, 5) is 22.0. The van der Waals surface area contributed by atoms with Crippen LogP contribution >= 0.6 is 11.8 Å². The Balaban J connectivity index is 1.82. The lowest BCUT2D eigenvalue weighted by atomic mass is 10.1. The van der Waals surface area contributed by atoms with Crippen LogP contribution in [0.2, 0.25) is 0 Å². The van der Waals surface area contributed by atoms with E-state index in [1.807, 2.05) is 28.8 Å². The second-order valence-electron chi connectivity index (χ2n) is 5.82. The van der Waals surface area contributed by atoms with Gasteiger partial charge in [-0.2, -0.15) is 0 Å². The fourth-order valence-corrected chi connectivity index (χ4v) is 3.60. The van der Waals surface area contributed by atoms with E-state index >= 15 is 0 Å². The smallest absolute Gasteiger partial charge is 0.272 e. The predicted molar refractivity (Wildman–Crippen MR) is 103 cm³/mol. The third-order valence-corrected chi connectivity index (χ3v) is 4.92. The van der Waals surface area contributed by atoms with Gasteiger partial charge < -0.3 is 5.32 Å². The van der Waals surface area contributed by atoms with Crippen molar-refractivity contribution in [1.82, 2.24) is 14.8 Å². The fraction of sp³-hybridized carbons (Fsp3) is 0.167. The second kappa shape index (κ2) is 8.00. The van der Waals surface area contributed by atoms with Crippen LogP contribution in [0.1, 0.15) is 18.1 Å². The number of hydrogen-bond acceptors (Lipinski definition) is 6. The molecule has 8 nitrogen and oxygen atoms in total. The molecule has 0 aliphatic heterocycles. The van der Waals surface area contributed by atoms with Crippen LogP contribution in [0.5, 0.6) is 0 Å². The largest absolute Gasteiger partial charge is 0.326 e. The lowest BCUT2D eigenvalue weighted by Gasteiger charge is -2.09. The van der Waals surface area contributed by atoms with E-state index in [9.17, 15) is 14.9 Å². The molecular formula is C18H17N5O3S. The number of thioether (sulfide) groups is 1. The summed E-state index contributed by atoms with van der Waals surface area (Å²) in [6, 6.07) is 12.4. The Morgan fingerprint density at radius 3 is 2.81 bits per heavy atom. The minimum Gasteiger partial charge on any atom is -0.326 e. The highest BCUT2D eigenvalue weighted by Crippen LogP contribution is 2.28. The Morgan fingerprint density at radius 1 is 1.30 bits per heavy atom. The van der Waals surface area contributed by atoms with E-state index in [4.69, 9.17) is 0 Å². The first kappa shape index (κ1) is 18.6. The van der Waals surface area contributed by atoms with E-state index in [1.54, 1.807) is 25.4 Å². The van der Waals surface area contributed by atoms with Gasteiger partial charge in [0.2, 0.25) is 5.91 Å². The van der Waals surface area contributed by atoms with Gasteiger partial charge in [-0.05, 0) is 30.7 Å². The first-order chi connectivity index (χ1) is 13.0. The fourth-order valence-electron chi connectivity index (χ4n) is 2.60. The third kappa shape index (κ3) is 4.32. The summed E-state index contributed by atoms with van der Waals surface area (Å²) < 4.78 is 1.81. The van der Waals surface area contributed by atoms with Gasteiger partial charge in [0.05, 0.1) is 10.6 Å². The predicted octanol–water partition coefficient (Wildman–Crippen LogP) is 3.73. The minimum atomic E-state index is -0.375. The zero-order valence-corrected chi connectivity index (χ0v) is 15.6. The number of nitro groups is 1. The molecule has 9 heteroatoms. The van der Waals surface area contributed by atoms with Crippen LogP contribution in [-0.4, -0.2) is 25.6 Å². The molecule has 1 amide bonds. The van der Waals surface area contributed by atoms with Gasteiger partial charge in [0.15, 0.2) is 5.16 Å². The average molecular weight is 383 g/mol. The zero-order chi connectivity index (χ0) is 19.4. The molecule has 138 valence electrons. The van der Waals surface area contributed by atoms with Crippen molar-refractivity contribution in [2.24, 2.45) is 0 Å². The zero-order valence-electron chi connectivity index (χ0n) is 14.7. The highest BCUT2D eigenvalue weighted by molar-refractivity contribution is 7.98. The van der Waals surface area contributed by atoms with Crippen LogP contribution in [0.15, 0.2) is 53.9 Å². The summed E-state index contributed by atoms with van der Waals surface area (Å²) >= 11 is 1.44. The third-order valence-electron chi connectivity index (χ3n) is 3.93. The van der Waals surface area contributed by atoms with E-state index < -0.39 is 0 Å². The van der Waals surface area contributed by atoms with Crippen molar-refractivity contribution < 1.29 is 9.72 Å². The lowest BCUT2D eigenvalue weighted by Crippen LogP contribution is -2.06. The highest BCUT2D eigenvalue weighted by atomic mass is 32.2. The summed E-state index contributed by atoms with van der Waals surface area (Å²) in [6.45, 7) is 3.20. The van der Waals surface area contributed by atoms with Crippen molar-refractivity contribution in [2.45, 2.75) is 24.8 Å². The topological polar surface area (TPSA) is 103 Å². The molecule has 0 aliphatic carbocycles. The number of rotatable bonds is 6. The normalized spacial score (nSPS) is 10.6. The molecule has 1 heterocycles. The molecular weight excluding hydrogens is 366 g/mol. The molecule has 3 rings (SSSR count). The number of benzene rings is 2. The van der Waals surface area contributed by atoms with Gasteiger partial charge in [-0.3, -0.25) is 19.5 Å². The van der Waals surface area contributed by atoms with Crippen molar-refractivity contribution in [1.29, 1.82) is 0 Å². The van der Waals surface area contributed by atoms with E-state index in [0.717, 1.165) is 11.3 Å².